The molecule has 1 fully saturated rings. The molecule has 7 heteroatoms. The molecule has 2 aliphatic heterocycles. The largest absolute Gasteiger partial charge is 0.376 e. The standard InChI is InChI=1S/C13H16N4O3/c1-15-9-5-10(7-16(6-9)13(15)19)17-11(3-4-14-17)12(18)8-20-2/h3-5,9H,6-8H2,1-2H3. The van der Waals surface area contributed by atoms with Crippen LogP contribution in [-0.2, 0) is 4.74 Å². The fourth-order valence-corrected chi connectivity index (χ4v) is 2.64. The molecule has 1 atom stereocenters. The van der Waals surface area contributed by atoms with Gasteiger partial charge in [0.1, 0.15) is 12.3 Å². The minimum Gasteiger partial charge on any atom is -0.376 e. The predicted molar refractivity (Wildman–Crippen MR) is 71.2 cm³/mol. The zero-order valence-electron chi connectivity index (χ0n) is 11.4. The molecule has 0 radical (unpaired) electrons. The highest BCUT2D eigenvalue weighted by atomic mass is 16.5. The molecule has 1 unspecified atom stereocenters. The van der Waals surface area contributed by atoms with Gasteiger partial charge in [-0.2, -0.15) is 5.10 Å². The van der Waals surface area contributed by atoms with E-state index in [-0.39, 0.29) is 24.5 Å². The summed E-state index contributed by atoms with van der Waals surface area (Å²) >= 11 is 0. The SMILES string of the molecule is COCC(=O)c1ccnn1C1=CC2CN(C1)C(=O)N2C. The summed E-state index contributed by atoms with van der Waals surface area (Å²) in [7, 11) is 3.27. The third-order valence-corrected chi connectivity index (χ3v) is 3.69. The molecular weight excluding hydrogens is 260 g/mol. The lowest BCUT2D eigenvalue weighted by molar-refractivity contribution is 0.0840. The van der Waals surface area contributed by atoms with Crippen LogP contribution in [0.3, 0.4) is 0 Å². The Morgan fingerprint density at radius 3 is 3.05 bits per heavy atom. The number of hydrogen-bond donors (Lipinski definition) is 0. The van der Waals surface area contributed by atoms with Crippen molar-refractivity contribution in [1.29, 1.82) is 0 Å². The van der Waals surface area contributed by atoms with Gasteiger partial charge in [0, 0.05) is 20.7 Å². The third kappa shape index (κ3) is 1.90. The number of methoxy groups -OCH3 is 1. The third-order valence-electron chi connectivity index (χ3n) is 3.69. The average molecular weight is 276 g/mol. The van der Waals surface area contributed by atoms with Crippen molar-refractivity contribution in [3.8, 4) is 0 Å². The number of Topliss-reactive ketones (excluding diaryl/α,β-unsaturated/α-hetero) is 1. The number of hydrogen-bond acceptors (Lipinski definition) is 4. The first-order valence-electron chi connectivity index (χ1n) is 6.41. The predicted octanol–water partition coefficient (Wildman–Crippen LogP) is 0.303. The van der Waals surface area contributed by atoms with Crippen LogP contribution in [0.5, 0.6) is 0 Å². The monoisotopic (exact) mass is 276 g/mol. The minimum absolute atomic E-state index is 0.0122. The molecule has 0 aromatic carbocycles. The van der Waals surface area contributed by atoms with Gasteiger partial charge in [0.2, 0.25) is 5.78 Å². The van der Waals surface area contributed by atoms with E-state index in [0.29, 0.717) is 18.8 Å². The maximum atomic E-state index is 12.0. The summed E-state index contributed by atoms with van der Waals surface area (Å²) in [6.45, 7) is 1.18. The summed E-state index contributed by atoms with van der Waals surface area (Å²) in [6.07, 6.45) is 3.58. The van der Waals surface area contributed by atoms with Gasteiger partial charge in [-0.25, -0.2) is 9.48 Å². The lowest BCUT2D eigenvalue weighted by Gasteiger charge is -2.22. The molecule has 7 nitrogen and oxygen atoms in total. The van der Waals surface area contributed by atoms with Crippen molar-refractivity contribution < 1.29 is 14.3 Å². The van der Waals surface area contributed by atoms with E-state index >= 15 is 0 Å². The van der Waals surface area contributed by atoms with Gasteiger partial charge < -0.3 is 14.5 Å². The van der Waals surface area contributed by atoms with Gasteiger partial charge in [0.15, 0.2) is 0 Å². The van der Waals surface area contributed by atoms with Crippen LogP contribution in [-0.4, -0.2) is 71.3 Å². The van der Waals surface area contributed by atoms with Crippen molar-refractivity contribution in [2.45, 2.75) is 6.04 Å². The quantitative estimate of drug-likeness (QED) is 0.742. The molecule has 1 aromatic rings. The van der Waals surface area contributed by atoms with Crippen LogP contribution in [0, 0.1) is 0 Å². The Labute approximate surface area is 116 Å². The smallest absolute Gasteiger partial charge is 0.320 e. The number of ether oxygens (including phenoxy) is 1. The number of rotatable bonds is 4. The number of carbonyl (C=O) groups is 2. The number of amides is 2. The first-order valence-corrected chi connectivity index (χ1v) is 6.41. The number of aromatic nitrogens is 2. The molecule has 1 saturated heterocycles. The number of fused-ring (bicyclic) bond motifs is 2. The second kappa shape index (κ2) is 4.75. The van der Waals surface area contributed by atoms with E-state index < -0.39 is 0 Å². The van der Waals surface area contributed by atoms with Crippen molar-refractivity contribution in [2.75, 3.05) is 33.9 Å². The van der Waals surface area contributed by atoms with Gasteiger partial charge in [-0.15, -0.1) is 0 Å². The maximum absolute atomic E-state index is 12.0. The highest BCUT2D eigenvalue weighted by Gasteiger charge is 2.38. The van der Waals surface area contributed by atoms with Crippen LogP contribution in [0.25, 0.3) is 5.70 Å². The Hall–Kier alpha value is -2.15. The van der Waals surface area contributed by atoms with Gasteiger partial charge >= 0.3 is 6.03 Å². The van der Waals surface area contributed by atoms with Crippen LogP contribution in [0.15, 0.2) is 18.3 Å². The van der Waals surface area contributed by atoms with Crippen molar-refractivity contribution in [3.05, 3.63) is 24.0 Å². The summed E-state index contributed by atoms with van der Waals surface area (Å²) in [4.78, 5) is 27.4. The molecule has 20 heavy (non-hydrogen) atoms. The van der Waals surface area contributed by atoms with E-state index in [2.05, 4.69) is 5.10 Å². The van der Waals surface area contributed by atoms with Crippen molar-refractivity contribution in [2.24, 2.45) is 0 Å². The molecule has 2 aliphatic rings. The van der Waals surface area contributed by atoms with E-state index in [4.69, 9.17) is 4.74 Å². The van der Waals surface area contributed by atoms with Gasteiger partial charge in [-0.1, -0.05) is 0 Å². The molecule has 2 bridgehead atoms. The molecule has 3 heterocycles. The Balaban J connectivity index is 1.92. The molecule has 1 aromatic heterocycles. The Morgan fingerprint density at radius 1 is 1.55 bits per heavy atom. The molecule has 0 N–H and O–H groups in total. The van der Waals surface area contributed by atoms with Crippen molar-refractivity contribution >= 4 is 17.5 Å². The minimum atomic E-state index is -0.126. The topological polar surface area (TPSA) is 67.7 Å². The Morgan fingerprint density at radius 2 is 2.35 bits per heavy atom. The Kier molecular flexibility index (Phi) is 3.06. The zero-order valence-corrected chi connectivity index (χ0v) is 11.4. The van der Waals surface area contributed by atoms with Gasteiger partial charge in [-0.3, -0.25) is 4.79 Å². The summed E-state index contributed by atoms with van der Waals surface area (Å²) in [5, 5.41) is 4.21. The van der Waals surface area contributed by atoms with Crippen molar-refractivity contribution in [3.63, 3.8) is 0 Å². The summed E-state index contributed by atoms with van der Waals surface area (Å²) < 4.78 is 6.48. The molecule has 0 spiro atoms. The highest BCUT2D eigenvalue weighted by molar-refractivity contribution is 5.96. The maximum Gasteiger partial charge on any atom is 0.320 e. The summed E-state index contributed by atoms with van der Waals surface area (Å²) in [6, 6.07) is 1.72. The first kappa shape index (κ1) is 12.9. The molecular formula is C13H16N4O3. The number of likely N-dealkylation sites (N-methyl/N-ethyl adjacent to an activating group) is 1. The normalized spacial score (nSPS) is 21.4. The lowest BCUT2D eigenvalue weighted by Crippen LogP contribution is -2.32. The fraction of sp³-hybridized carbons (Fsp3) is 0.462. The van der Waals surface area contributed by atoms with Gasteiger partial charge in [0.25, 0.3) is 0 Å². The second-order valence-electron chi connectivity index (χ2n) is 4.98. The summed E-state index contributed by atoms with van der Waals surface area (Å²) in [5.41, 5.74) is 1.33. The average Bonchev–Trinajstić information content (AvgIpc) is 3.00. The van der Waals surface area contributed by atoms with E-state index in [1.807, 2.05) is 6.08 Å². The van der Waals surface area contributed by atoms with Crippen LogP contribution in [0.2, 0.25) is 0 Å². The number of ketones is 1. The second-order valence-corrected chi connectivity index (χ2v) is 4.98. The molecule has 3 rings (SSSR count). The Bertz CT molecular complexity index is 592. The van der Waals surface area contributed by atoms with Crippen LogP contribution >= 0.6 is 0 Å². The van der Waals surface area contributed by atoms with Gasteiger partial charge in [-0.05, 0) is 12.1 Å². The van der Waals surface area contributed by atoms with E-state index in [9.17, 15) is 9.59 Å². The van der Waals surface area contributed by atoms with E-state index in [1.54, 1.807) is 33.8 Å². The number of urea groups is 1. The van der Waals surface area contributed by atoms with E-state index in [0.717, 1.165) is 5.70 Å². The zero-order chi connectivity index (χ0) is 14.3. The van der Waals surface area contributed by atoms with Crippen LogP contribution in [0.1, 0.15) is 10.5 Å². The van der Waals surface area contributed by atoms with E-state index in [1.165, 1.54) is 7.11 Å². The van der Waals surface area contributed by atoms with Gasteiger partial charge in [0.05, 0.1) is 24.5 Å². The van der Waals surface area contributed by atoms with Crippen LogP contribution < -0.4 is 0 Å². The summed E-state index contributed by atoms with van der Waals surface area (Å²) in [5.74, 6) is -0.126. The highest BCUT2D eigenvalue weighted by Crippen LogP contribution is 2.25. The molecule has 106 valence electrons. The first-order chi connectivity index (χ1) is 9.61. The fourth-order valence-electron chi connectivity index (χ4n) is 2.64. The number of carbonyl (C=O) groups excluding carboxylic acids is 2. The number of nitrogens with zero attached hydrogens (tertiary/aromatic N) is 4. The van der Waals surface area contributed by atoms with Crippen LogP contribution in [0.4, 0.5) is 4.79 Å². The molecule has 2 amide bonds. The molecule has 0 aliphatic carbocycles. The van der Waals surface area contributed by atoms with Crippen molar-refractivity contribution in [1.82, 2.24) is 19.6 Å². The molecule has 0 saturated carbocycles. The lowest BCUT2D eigenvalue weighted by atomic mass is 10.1.